The van der Waals surface area contributed by atoms with Crippen LogP contribution in [0.3, 0.4) is 0 Å². The summed E-state index contributed by atoms with van der Waals surface area (Å²) in [6.45, 7) is 4.33. The maximum Gasteiger partial charge on any atom is 0.374 e. The first-order valence-electron chi connectivity index (χ1n) is 8.71. The van der Waals surface area contributed by atoms with E-state index in [9.17, 15) is 9.90 Å². The van der Waals surface area contributed by atoms with Gasteiger partial charge in [-0.15, -0.1) is 0 Å². The quantitative estimate of drug-likeness (QED) is 0.844. The Balaban J connectivity index is 1.55. The first-order valence-corrected chi connectivity index (χ1v) is 8.71. The molecule has 1 aromatic carbocycles. The molecule has 3 rings (SSSR count). The van der Waals surface area contributed by atoms with Gasteiger partial charge < -0.3 is 14.3 Å². The smallest absolute Gasteiger partial charge is 0.374 e. The van der Waals surface area contributed by atoms with Crippen LogP contribution in [0.1, 0.15) is 46.4 Å². The molecule has 1 aliphatic rings. The van der Waals surface area contributed by atoms with Crippen molar-refractivity contribution >= 4 is 5.97 Å². The lowest BCUT2D eigenvalue weighted by Crippen LogP contribution is -2.35. The van der Waals surface area contributed by atoms with Crippen LogP contribution in [0.4, 0.5) is 0 Å². The number of rotatable bonds is 5. The van der Waals surface area contributed by atoms with Crippen LogP contribution in [0.5, 0.6) is 0 Å². The van der Waals surface area contributed by atoms with Crippen molar-refractivity contribution in [1.82, 2.24) is 4.90 Å². The third kappa shape index (κ3) is 4.11. The molecule has 1 fully saturated rings. The second-order valence-electron chi connectivity index (χ2n) is 6.69. The summed E-state index contributed by atoms with van der Waals surface area (Å²) < 4.78 is 10.4. The highest BCUT2D eigenvalue weighted by atomic mass is 16.5. The third-order valence-corrected chi connectivity index (χ3v) is 4.94. The van der Waals surface area contributed by atoms with Gasteiger partial charge >= 0.3 is 5.97 Å². The summed E-state index contributed by atoms with van der Waals surface area (Å²) in [6.07, 6.45) is 1.49. The Labute approximate surface area is 148 Å². The van der Waals surface area contributed by atoms with E-state index in [1.807, 2.05) is 43.3 Å². The van der Waals surface area contributed by atoms with Crippen molar-refractivity contribution in [1.29, 1.82) is 0 Å². The Bertz CT molecular complexity index is 702. The molecule has 25 heavy (non-hydrogen) atoms. The normalized spacial score (nSPS) is 17.4. The van der Waals surface area contributed by atoms with Gasteiger partial charge in [-0.1, -0.05) is 30.3 Å². The second-order valence-corrected chi connectivity index (χ2v) is 6.69. The second kappa shape index (κ2) is 7.85. The molecule has 1 atom stereocenters. The summed E-state index contributed by atoms with van der Waals surface area (Å²) in [5.41, 5.74) is 1.79. The van der Waals surface area contributed by atoms with Crippen LogP contribution < -0.4 is 0 Å². The molecule has 5 heteroatoms. The number of benzene rings is 1. The molecule has 0 amide bonds. The van der Waals surface area contributed by atoms with Crippen molar-refractivity contribution in [3.63, 3.8) is 0 Å². The van der Waals surface area contributed by atoms with Crippen LogP contribution in [0, 0.1) is 12.8 Å². The zero-order valence-corrected chi connectivity index (χ0v) is 14.8. The number of hydrogen-bond acceptors (Lipinski definition) is 5. The molecule has 1 N–H and O–H groups in total. The zero-order valence-electron chi connectivity index (χ0n) is 14.8. The minimum atomic E-state index is -0.437. The highest BCUT2D eigenvalue weighted by molar-refractivity contribution is 5.87. The molecule has 0 saturated carbocycles. The van der Waals surface area contributed by atoms with Crippen molar-refractivity contribution in [3.05, 3.63) is 59.0 Å². The van der Waals surface area contributed by atoms with Gasteiger partial charge in [0.25, 0.3) is 0 Å². The zero-order chi connectivity index (χ0) is 17.8. The number of carbonyl (C=O) groups is 1. The number of piperidine rings is 1. The van der Waals surface area contributed by atoms with E-state index in [1.54, 1.807) is 0 Å². The SMILES string of the molecule is COC(=O)c1oc(CN2CCC([C@@H](O)c3ccccc3)CC2)cc1C. The predicted molar refractivity (Wildman–Crippen MR) is 94.2 cm³/mol. The van der Waals surface area contributed by atoms with Gasteiger partial charge in [0.2, 0.25) is 5.76 Å². The Kier molecular flexibility index (Phi) is 5.56. The fraction of sp³-hybridized carbons (Fsp3) is 0.450. The summed E-state index contributed by atoms with van der Waals surface area (Å²) >= 11 is 0. The maximum atomic E-state index is 11.6. The first-order chi connectivity index (χ1) is 12.1. The van der Waals surface area contributed by atoms with E-state index >= 15 is 0 Å². The van der Waals surface area contributed by atoms with Crippen LogP contribution >= 0.6 is 0 Å². The molecule has 1 aromatic heterocycles. The maximum absolute atomic E-state index is 11.6. The summed E-state index contributed by atoms with van der Waals surface area (Å²) in [6, 6.07) is 11.8. The standard InChI is InChI=1S/C20H25NO4/c1-14-12-17(25-19(14)20(23)24-2)13-21-10-8-16(9-11-21)18(22)15-6-4-3-5-7-15/h3-7,12,16,18,22H,8-11,13H2,1-2H3/t18-/m0/s1. The van der Waals surface area contributed by atoms with Gasteiger partial charge in [0.15, 0.2) is 0 Å². The van der Waals surface area contributed by atoms with E-state index in [4.69, 9.17) is 9.15 Å². The van der Waals surface area contributed by atoms with Crippen molar-refractivity contribution in [2.75, 3.05) is 20.2 Å². The summed E-state index contributed by atoms with van der Waals surface area (Å²) in [5.74, 6) is 0.905. The molecule has 0 unspecified atom stereocenters. The molecule has 2 aromatic rings. The topological polar surface area (TPSA) is 62.9 Å². The minimum Gasteiger partial charge on any atom is -0.463 e. The molecule has 0 radical (unpaired) electrons. The number of nitrogens with zero attached hydrogens (tertiary/aromatic N) is 1. The Morgan fingerprint density at radius 1 is 1.32 bits per heavy atom. The van der Waals surface area contributed by atoms with Crippen LogP contribution in [0.15, 0.2) is 40.8 Å². The van der Waals surface area contributed by atoms with Crippen molar-refractivity contribution in [2.24, 2.45) is 5.92 Å². The number of aliphatic hydroxyl groups excluding tert-OH is 1. The van der Waals surface area contributed by atoms with Gasteiger partial charge in [0, 0.05) is 5.56 Å². The van der Waals surface area contributed by atoms with Gasteiger partial charge in [-0.05, 0) is 50.4 Å². The number of aryl methyl sites for hydroxylation is 1. The Morgan fingerprint density at radius 3 is 2.64 bits per heavy atom. The lowest BCUT2D eigenvalue weighted by atomic mass is 9.87. The van der Waals surface area contributed by atoms with Gasteiger partial charge in [-0.2, -0.15) is 0 Å². The predicted octanol–water partition coefficient (Wildman–Crippen LogP) is 3.32. The molecule has 2 heterocycles. The Hall–Kier alpha value is -2.11. The van der Waals surface area contributed by atoms with Gasteiger partial charge in [0.1, 0.15) is 5.76 Å². The van der Waals surface area contributed by atoms with Crippen molar-refractivity contribution in [2.45, 2.75) is 32.4 Å². The summed E-state index contributed by atoms with van der Waals surface area (Å²) in [5, 5.41) is 10.6. The molecule has 5 nitrogen and oxygen atoms in total. The highest BCUT2D eigenvalue weighted by Crippen LogP contribution is 2.31. The summed E-state index contributed by atoms with van der Waals surface area (Å²) in [4.78, 5) is 13.9. The molecular weight excluding hydrogens is 318 g/mol. The largest absolute Gasteiger partial charge is 0.463 e. The number of likely N-dealkylation sites (tertiary alicyclic amines) is 1. The van der Waals surface area contributed by atoms with E-state index in [0.717, 1.165) is 42.8 Å². The molecule has 0 bridgehead atoms. The average Bonchev–Trinajstić information content (AvgIpc) is 3.02. The van der Waals surface area contributed by atoms with E-state index in [0.29, 0.717) is 6.54 Å². The first kappa shape index (κ1) is 17.7. The lowest BCUT2D eigenvalue weighted by molar-refractivity contribution is 0.0520. The molecule has 134 valence electrons. The monoisotopic (exact) mass is 343 g/mol. The number of ether oxygens (including phenoxy) is 1. The number of aliphatic hydroxyl groups is 1. The van der Waals surface area contributed by atoms with E-state index in [1.165, 1.54) is 7.11 Å². The third-order valence-electron chi connectivity index (χ3n) is 4.94. The molecular formula is C20H25NO4. The summed E-state index contributed by atoms with van der Waals surface area (Å²) in [7, 11) is 1.35. The number of esters is 1. The number of methoxy groups -OCH3 is 1. The Morgan fingerprint density at radius 2 is 2.00 bits per heavy atom. The van der Waals surface area contributed by atoms with Gasteiger partial charge in [0.05, 0.1) is 19.8 Å². The minimum absolute atomic E-state index is 0.280. The molecule has 0 spiro atoms. The van der Waals surface area contributed by atoms with Gasteiger partial charge in [-0.3, -0.25) is 4.90 Å². The number of hydrogen-bond donors (Lipinski definition) is 1. The number of furan rings is 1. The van der Waals surface area contributed by atoms with E-state index < -0.39 is 12.1 Å². The van der Waals surface area contributed by atoms with Crippen molar-refractivity contribution < 1.29 is 19.1 Å². The van der Waals surface area contributed by atoms with Crippen LogP contribution in [-0.4, -0.2) is 36.2 Å². The molecule has 1 aliphatic heterocycles. The van der Waals surface area contributed by atoms with Crippen LogP contribution in [-0.2, 0) is 11.3 Å². The molecule has 1 saturated heterocycles. The lowest BCUT2D eigenvalue weighted by Gasteiger charge is -2.33. The highest BCUT2D eigenvalue weighted by Gasteiger charge is 2.27. The van der Waals surface area contributed by atoms with Gasteiger partial charge in [-0.25, -0.2) is 4.79 Å². The fourth-order valence-electron chi connectivity index (χ4n) is 3.49. The van der Waals surface area contributed by atoms with E-state index in [-0.39, 0.29) is 11.7 Å². The van der Waals surface area contributed by atoms with Crippen LogP contribution in [0.2, 0.25) is 0 Å². The molecule has 0 aliphatic carbocycles. The van der Waals surface area contributed by atoms with E-state index in [2.05, 4.69) is 4.90 Å². The van der Waals surface area contributed by atoms with Crippen molar-refractivity contribution in [3.8, 4) is 0 Å². The number of carbonyl (C=O) groups excluding carboxylic acids is 1. The van der Waals surface area contributed by atoms with Crippen LogP contribution in [0.25, 0.3) is 0 Å². The fourth-order valence-corrected chi connectivity index (χ4v) is 3.49. The average molecular weight is 343 g/mol.